The van der Waals surface area contributed by atoms with Crippen LogP contribution in [-0.2, 0) is 23.8 Å². The molecule has 0 radical (unpaired) electrons. The molecule has 164 valence electrons. The Morgan fingerprint density at radius 1 is 0.933 bits per heavy atom. The van der Waals surface area contributed by atoms with Crippen LogP contribution in [0.5, 0.6) is 0 Å². The van der Waals surface area contributed by atoms with Gasteiger partial charge in [-0.25, -0.2) is 14.6 Å². The number of carbonyl (C=O) groups excluding carboxylic acids is 2. The largest absolute Gasteiger partial charge is 0.466 e. The van der Waals surface area contributed by atoms with E-state index in [-0.39, 0.29) is 0 Å². The van der Waals surface area contributed by atoms with Crippen molar-refractivity contribution in [1.29, 1.82) is 0 Å². The normalized spacial score (nSPS) is 17.7. The van der Waals surface area contributed by atoms with Crippen LogP contribution in [0.15, 0.2) is 34.3 Å². The lowest BCUT2D eigenvalue weighted by Crippen LogP contribution is -2.57. The molecule has 0 bridgehead atoms. The van der Waals surface area contributed by atoms with Gasteiger partial charge >= 0.3 is 11.9 Å². The van der Waals surface area contributed by atoms with Crippen LogP contribution in [0.2, 0.25) is 0 Å². The number of benzene rings is 1. The van der Waals surface area contributed by atoms with Crippen LogP contribution in [0.3, 0.4) is 0 Å². The van der Waals surface area contributed by atoms with Crippen molar-refractivity contribution >= 4 is 93.1 Å². The van der Waals surface area contributed by atoms with E-state index >= 15 is 0 Å². The van der Waals surface area contributed by atoms with Gasteiger partial charge in [0.2, 0.25) is 19.1 Å². The van der Waals surface area contributed by atoms with E-state index in [4.69, 9.17) is 83.8 Å². The van der Waals surface area contributed by atoms with Crippen LogP contribution in [0, 0.1) is 13.8 Å². The standard InChI is InChI=1S/C18H15Cl6NO5/c1-8-6-5-7-9(2)12(8)25-13-10(14(26)28-3)11(15(27)29-4)16(30-13,17(19,20)21)18(22,23)24/h5-7H,1-4H3. The summed E-state index contributed by atoms with van der Waals surface area (Å²) in [4.78, 5) is 29.7. The molecule has 1 aromatic rings. The smallest absolute Gasteiger partial charge is 0.344 e. The van der Waals surface area contributed by atoms with Gasteiger partial charge in [-0.3, -0.25) is 0 Å². The molecule has 0 aromatic heterocycles. The number of rotatable bonds is 3. The van der Waals surface area contributed by atoms with Crippen molar-refractivity contribution in [3.63, 3.8) is 0 Å². The molecule has 2 rings (SSSR count). The molecule has 1 aromatic carbocycles. The quantitative estimate of drug-likeness (QED) is 0.377. The second-order valence-electron chi connectivity index (χ2n) is 6.17. The average molecular weight is 538 g/mol. The summed E-state index contributed by atoms with van der Waals surface area (Å²) >= 11 is 36.7. The van der Waals surface area contributed by atoms with E-state index < -0.39 is 42.2 Å². The third-order valence-corrected chi connectivity index (χ3v) is 5.89. The first-order chi connectivity index (χ1) is 13.7. The zero-order chi connectivity index (χ0) is 23.1. The van der Waals surface area contributed by atoms with Gasteiger partial charge in [0.1, 0.15) is 11.1 Å². The van der Waals surface area contributed by atoms with Gasteiger partial charge in [-0.1, -0.05) is 87.8 Å². The SMILES string of the molecule is COC(=O)C1=C(C(=O)OC)C(C(Cl)(Cl)Cl)(C(Cl)(Cl)Cl)OC1=Nc1c(C)cccc1C. The summed E-state index contributed by atoms with van der Waals surface area (Å²) in [6, 6.07) is 5.37. The molecule has 0 atom stereocenters. The molecule has 6 nitrogen and oxygen atoms in total. The van der Waals surface area contributed by atoms with Crippen molar-refractivity contribution in [3.8, 4) is 0 Å². The van der Waals surface area contributed by atoms with Crippen LogP contribution in [0.4, 0.5) is 5.69 Å². The third kappa shape index (κ3) is 4.23. The molecule has 1 aliphatic heterocycles. The van der Waals surface area contributed by atoms with Crippen molar-refractivity contribution in [1.82, 2.24) is 0 Å². The van der Waals surface area contributed by atoms with Crippen molar-refractivity contribution in [2.75, 3.05) is 14.2 Å². The first kappa shape index (κ1) is 25.4. The van der Waals surface area contributed by atoms with Gasteiger partial charge in [-0.05, 0) is 25.0 Å². The van der Waals surface area contributed by atoms with E-state index in [1.807, 2.05) is 6.07 Å². The maximum Gasteiger partial charge on any atom is 0.344 e. The molecule has 0 aliphatic carbocycles. The summed E-state index contributed by atoms with van der Waals surface area (Å²) in [6.45, 7) is 3.56. The predicted molar refractivity (Wildman–Crippen MR) is 118 cm³/mol. The first-order valence-corrected chi connectivity index (χ1v) is 10.4. The minimum absolute atomic E-state index is 0.433. The number of esters is 2. The monoisotopic (exact) mass is 535 g/mol. The van der Waals surface area contributed by atoms with Crippen LogP contribution in [0.25, 0.3) is 0 Å². The van der Waals surface area contributed by atoms with Crippen molar-refractivity contribution in [3.05, 3.63) is 40.5 Å². The Morgan fingerprint density at radius 2 is 1.40 bits per heavy atom. The van der Waals surface area contributed by atoms with E-state index in [2.05, 4.69) is 4.99 Å². The Hall–Kier alpha value is -0.890. The van der Waals surface area contributed by atoms with E-state index in [1.165, 1.54) is 0 Å². The highest BCUT2D eigenvalue weighted by molar-refractivity contribution is 6.74. The highest BCUT2D eigenvalue weighted by Gasteiger charge is 2.72. The molecular weight excluding hydrogens is 523 g/mol. The Balaban J connectivity index is 3.00. The Morgan fingerprint density at radius 3 is 1.80 bits per heavy atom. The molecule has 30 heavy (non-hydrogen) atoms. The minimum atomic E-state index is -2.58. The van der Waals surface area contributed by atoms with Gasteiger partial charge in [0.25, 0.3) is 0 Å². The lowest BCUT2D eigenvalue weighted by Gasteiger charge is -2.40. The van der Waals surface area contributed by atoms with Crippen LogP contribution in [-0.4, -0.2) is 45.2 Å². The molecule has 0 fully saturated rings. The van der Waals surface area contributed by atoms with E-state index in [0.29, 0.717) is 5.69 Å². The number of aliphatic imine (C=N–C) groups is 1. The number of aryl methyl sites for hydroxylation is 2. The lowest BCUT2D eigenvalue weighted by molar-refractivity contribution is -0.139. The zero-order valence-corrected chi connectivity index (χ0v) is 20.5. The fourth-order valence-electron chi connectivity index (χ4n) is 2.89. The summed E-state index contributed by atoms with van der Waals surface area (Å²) in [5.74, 6) is -2.61. The molecule has 0 amide bonds. The minimum Gasteiger partial charge on any atom is -0.466 e. The lowest BCUT2D eigenvalue weighted by atomic mass is 9.94. The summed E-state index contributed by atoms with van der Waals surface area (Å²) < 4.78 is 10.2. The average Bonchev–Trinajstić information content (AvgIpc) is 2.99. The zero-order valence-electron chi connectivity index (χ0n) is 16.0. The van der Waals surface area contributed by atoms with E-state index in [0.717, 1.165) is 25.3 Å². The van der Waals surface area contributed by atoms with Gasteiger partial charge in [-0.2, -0.15) is 0 Å². The van der Waals surface area contributed by atoms with Gasteiger partial charge in [0.15, 0.2) is 0 Å². The van der Waals surface area contributed by atoms with Gasteiger partial charge in [-0.15, -0.1) is 0 Å². The number of hydrogen-bond acceptors (Lipinski definition) is 6. The Bertz CT molecular complexity index is 911. The first-order valence-electron chi connectivity index (χ1n) is 8.12. The molecule has 0 N–H and O–H groups in total. The number of carbonyl (C=O) groups is 2. The predicted octanol–water partition coefficient (Wildman–Crippen LogP) is 5.49. The summed E-state index contributed by atoms with van der Waals surface area (Å²) in [7, 11) is 2.11. The number of para-hydroxylation sites is 1. The molecule has 0 saturated heterocycles. The molecule has 0 saturated carbocycles. The fraction of sp³-hybridized carbons (Fsp3) is 0.389. The molecule has 1 heterocycles. The molecular formula is C18H15Cl6NO5. The van der Waals surface area contributed by atoms with Gasteiger partial charge in [0, 0.05) is 0 Å². The molecule has 12 heteroatoms. The Kier molecular flexibility index (Phi) is 7.55. The molecule has 0 spiro atoms. The van der Waals surface area contributed by atoms with E-state index in [9.17, 15) is 9.59 Å². The second kappa shape index (κ2) is 8.93. The van der Waals surface area contributed by atoms with Gasteiger partial charge in [0.05, 0.1) is 19.9 Å². The van der Waals surface area contributed by atoms with Gasteiger partial charge < -0.3 is 14.2 Å². The number of methoxy groups -OCH3 is 2. The van der Waals surface area contributed by atoms with Crippen LogP contribution in [0.1, 0.15) is 11.1 Å². The summed E-state index contributed by atoms with van der Waals surface area (Å²) in [5.41, 5.74) is -1.83. The third-order valence-electron chi connectivity index (χ3n) is 4.30. The summed E-state index contributed by atoms with van der Waals surface area (Å²) in [5, 5.41) is 0. The fourth-order valence-corrected chi connectivity index (χ4v) is 4.98. The highest BCUT2D eigenvalue weighted by Crippen LogP contribution is 2.60. The van der Waals surface area contributed by atoms with Crippen molar-refractivity contribution < 1.29 is 23.8 Å². The summed E-state index contributed by atoms with van der Waals surface area (Å²) in [6.07, 6.45) is 0. The number of ether oxygens (including phenoxy) is 3. The van der Waals surface area contributed by atoms with Crippen LogP contribution < -0.4 is 0 Å². The second-order valence-corrected chi connectivity index (χ2v) is 10.7. The van der Waals surface area contributed by atoms with E-state index in [1.54, 1.807) is 26.0 Å². The van der Waals surface area contributed by atoms with Crippen LogP contribution >= 0.6 is 69.6 Å². The highest BCUT2D eigenvalue weighted by atomic mass is 35.6. The number of alkyl halides is 6. The maximum atomic E-state index is 12.7. The topological polar surface area (TPSA) is 74.2 Å². The van der Waals surface area contributed by atoms with Crippen molar-refractivity contribution in [2.24, 2.45) is 4.99 Å². The maximum absolute atomic E-state index is 12.7. The number of nitrogens with zero attached hydrogens (tertiary/aromatic N) is 1. The van der Waals surface area contributed by atoms with Crippen molar-refractivity contribution in [2.45, 2.75) is 27.0 Å². The number of hydrogen-bond donors (Lipinski definition) is 0. The molecule has 0 unspecified atom stereocenters. The molecule has 1 aliphatic rings. The Labute approximate surface area is 202 Å². The number of halogens is 6.